The smallest absolute Gasteiger partial charge is 0.294 e. The van der Waals surface area contributed by atoms with Crippen LogP contribution in [0.1, 0.15) is 0 Å². The Balaban J connectivity index is 0.00000280. The highest BCUT2D eigenvalue weighted by Gasteiger charge is 2.16. The number of rotatable bonds is 4. The predicted molar refractivity (Wildman–Crippen MR) is 107 cm³/mol. The van der Waals surface area contributed by atoms with E-state index in [9.17, 15) is 15.2 Å². The Bertz CT molecular complexity index is 1080. The number of nitrogens with two attached hydrogens (primary N) is 1. The van der Waals surface area contributed by atoms with Crippen molar-refractivity contribution in [3.8, 4) is 5.75 Å². The van der Waals surface area contributed by atoms with Crippen LogP contribution in [0.5, 0.6) is 5.75 Å². The SMILES string of the molecule is C[N+](C)(C)c1ccc2ccc(O)c(N=Nc3ccc(N)c([N+](=O)[O-])c3)c2c1.[Cl-]. The fourth-order valence-corrected chi connectivity index (χ4v) is 2.66. The third-order valence-corrected chi connectivity index (χ3v) is 4.21. The van der Waals surface area contributed by atoms with E-state index in [4.69, 9.17) is 5.73 Å². The molecule has 9 heteroatoms. The molecule has 28 heavy (non-hydrogen) atoms. The van der Waals surface area contributed by atoms with Crippen molar-refractivity contribution in [1.29, 1.82) is 0 Å². The van der Waals surface area contributed by atoms with Crippen LogP contribution >= 0.6 is 0 Å². The molecule has 0 bridgehead atoms. The van der Waals surface area contributed by atoms with Crippen LogP contribution in [0.25, 0.3) is 10.8 Å². The molecule has 0 aliphatic heterocycles. The summed E-state index contributed by atoms with van der Waals surface area (Å²) in [5, 5.41) is 31.2. The van der Waals surface area contributed by atoms with Gasteiger partial charge in [0, 0.05) is 17.5 Å². The van der Waals surface area contributed by atoms with Crippen molar-refractivity contribution in [2.75, 3.05) is 26.9 Å². The molecule has 0 fully saturated rings. The highest BCUT2D eigenvalue weighted by atomic mass is 35.5. The molecule has 3 aromatic carbocycles. The Kier molecular flexibility index (Phi) is 5.86. The largest absolute Gasteiger partial charge is 1.00 e. The number of phenolic OH excluding ortho intramolecular Hbond substituents is 1. The number of phenols is 1. The Labute approximate surface area is 168 Å². The maximum Gasteiger partial charge on any atom is 0.294 e. The number of halogens is 1. The molecular weight excluding hydrogens is 382 g/mol. The predicted octanol–water partition coefficient (Wildman–Crippen LogP) is 1.65. The lowest BCUT2D eigenvalue weighted by molar-refractivity contribution is -0.383. The minimum atomic E-state index is -0.572. The van der Waals surface area contributed by atoms with E-state index in [1.54, 1.807) is 12.1 Å². The molecule has 3 aromatic rings. The minimum Gasteiger partial charge on any atom is -1.00 e. The number of quaternary nitrogens is 1. The van der Waals surface area contributed by atoms with Crippen LogP contribution in [0.3, 0.4) is 0 Å². The highest BCUT2D eigenvalue weighted by molar-refractivity contribution is 5.97. The van der Waals surface area contributed by atoms with Crippen LogP contribution in [0.15, 0.2) is 58.8 Å². The number of nitro benzene ring substituents is 1. The summed E-state index contributed by atoms with van der Waals surface area (Å²) in [6.07, 6.45) is 0. The lowest BCUT2D eigenvalue weighted by atomic mass is 10.1. The lowest BCUT2D eigenvalue weighted by Crippen LogP contribution is -3.00. The van der Waals surface area contributed by atoms with Crippen molar-refractivity contribution >= 4 is 39.2 Å². The van der Waals surface area contributed by atoms with Crippen LogP contribution in [0.4, 0.5) is 28.4 Å². The first kappa shape index (κ1) is 21.1. The quantitative estimate of drug-likeness (QED) is 0.227. The monoisotopic (exact) mass is 401 g/mol. The Morgan fingerprint density at radius 1 is 1.04 bits per heavy atom. The fraction of sp³-hybridized carbons (Fsp3) is 0.158. The second-order valence-corrected chi connectivity index (χ2v) is 7.05. The van der Waals surface area contributed by atoms with Gasteiger partial charge in [0.2, 0.25) is 0 Å². The molecule has 0 heterocycles. The van der Waals surface area contributed by atoms with Crippen LogP contribution in [0, 0.1) is 10.1 Å². The molecule has 3 rings (SSSR count). The minimum absolute atomic E-state index is 0. The number of nitrogen functional groups attached to an aromatic ring is 1. The molecule has 0 atom stereocenters. The summed E-state index contributed by atoms with van der Waals surface area (Å²) >= 11 is 0. The molecule has 3 N–H and O–H groups in total. The number of anilines is 1. The van der Waals surface area contributed by atoms with E-state index >= 15 is 0 Å². The Morgan fingerprint density at radius 3 is 2.36 bits per heavy atom. The number of hydrogen-bond acceptors (Lipinski definition) is 6. The molecule has 0 saturated carbocycles. The van der Waals surface area contributed by atoms with Gasteiger partial charge in [0.15, 0.2) is 0 Å². The molecule has 0 aromatic heterocycles. The van der Waals surface area contributed by atoms with E-state index in [2.05, 4.69) is 10.2 Å². The van der Waals surface area contributed by atoms with Gasteiger partial charge < -0.3 is 23.2 Å². The van der Waals surface area contributed by atoms with Crippen molar-refractivity contribution in [1.82, 2.24) is 4.48 Å². The molecule has 0 aliphatic carbocycles. The second kappa shape index (κ2) is 7.79. The van der Waals surface area contributed by atoms with Gasteiger partial charge in [-0.1, -0.05) is 6.07 Å². The van der Waals surface area contributed by atoms with Crippen molar-refractivity contribution in [3.05, 3.63) is 58.6 Å². The van der Waals surface area contributed by atoms with Gasteiger partial charge in [-0.05, 0) is 35.7 Å². The van der Waals surface area contributed by atoms with E-state index in [1.165, 1.54) is 18.2 Å². The molecule has 146 valence electrons. The first-order valence-electron chi connectivity index (χ1n) is 8.20. The Morgan fingerprint density at radius 2 is 1.71 bits per heavy atom. The standard InChI is InChI=1S/C19H19N5O3.ClH/c1-24(2,3)14-7-4-12-5-9-18(25)19(15(12)11-14)22-21-13-6-8-16(20)17(10-13)23(26)27;/h4-11H,1-3H3,(H2-,20,21,22,25);1H. The third kappa shape index (κ3) is 4.19. The zero-order chi connectivity index (χ0) is 19.8. The van der Waals surface area contributed by atoms with Crippen LogP contribution in [-0.2, 0) is 0 Å². The Hall–Kier alpha value is -3.23. The number of azo groups is 1. The summed E-state index contributed by atoms with van der Waals surface area (Å²) in [6.45, 7) is 0. The zero-order valence-corrected chi connectivity index (χ0v) is 16.4. The molecule has 0 aliphatic rings. The number of hydrogen-bond donors (Lipinski definition) is 2. The van der Waals surface area contributed by atoms with Gasteiger partial charge in [0.25, 0.3) is 5.69 Å². The van der Waals surface area contributed by atoms with E-state index in [0.29, 0.717) is 10.2 Å². The third-order valence-electron chi connectivity index (χ3n) is 4.21. The lowest BCUT2D eigenvalue weighted by Gasteiger charge is -2.23. The summed E-state index contributed by atoms with van der Waals surface area (Å²) in [5.74, 6) is -0.0187. The summed E-state index contributed by atoms with van der Waals surface area (Å²) in [6, 6.07) is 13.5. The topological polar surface area (TPSA) is 114 Å². The van der Waals surface area contributed by atoms with Crippen molar-refractivity contribution in [2.24, 2.45) is 10.2 Å². The van der Waals surface area contributed by atoms with Crippen LogP contribution in [0.2, 0.25) is 0 Å². The summed E-state index contributed by atoms with van der Waals surface area (Å²) in [5.41, 5.74) is 7.03. The fourth-order valence-electron chi connectivity index (χ4n) is 2.66. The van der Waals surface area contributed by atoms with Gasteiger partial charge in [-0.15, -0.1) is 5.11 Å². The van der Waals surface area contributed by atoms with Crippen molar-refractivity contribution < 1.29 is 22.4 Å². The molecule has 0 unspecified atom stereocenters. The summed E-state index contributed by atoms with van der Waals surface area (Å²) < 4.78 is 0.604. The van der Waals surface area contributed by atoms with Crippen LogP contribution in [-0.4, -0.2) is 31.2 Å². The molecule has 8 nitrogen and oxygen atoms in total. The first-order valence-corrected chi connectivity index (χ1v) is 8.20. The van der Waals surface area contributed by atoms with Gasteiger partial charge in [0.1, 0.15) is 22.8 Å². The number of nitro groups is 1. The number of aromatic hydroxyl groups is 1. The average Bonchev–Trinajstić information content (AvgIpc) is 2.60. The summed E-state index contributed by atoms with van der Waals surface area (Å²) in [7, 11) is 6.12. The first-order chi connectivity index (χ1) is 12.7. The van der Waals surface area contributed by atoms with E-state index < -0.39 is 4.92 Å². The molecule has 0 spiro atoms. The van der Waals surface area contributed by atoms with E-state index in [0.717, 1.165) is 16.5 Å². The van der Waals surface area contributed by atoms with Gasteiger partial charge in [-0.2, -0.15) is 5.11 Å². The second-order valence-electron chi connectivity index (χ2n) is 7.05. The van der Waals surface area contributed by atoms with E-state index in [1.807, 2.05) is 39.3 Å². The van der Waals surface area contributed by atoms with Crippen molar-refractivity contribution in [3.63, 3.8) is 0 Å². The number of nitrogens with zero attached hydrogens (tertiary/aromatic N) is 4. The van der Waals surface area contributed by atoms with E-state index in [-0.39, 0.29) is 35.2 Å². The maximum atomic E-state index is 11.0. The molecule has 0 saturated heterocycles. The van der Waals surface area contributed by atoms with Gasteiger partial charge in [0.05, 0.1) is 31.8 Å². The van der Waals surface area contributed by atoms with Crippen molar-refractivity contribution in [2.45, 2.75) is 0 Å². The molecular formula is C19H20ClN5O3. The van der Waals surface area contributed by atoms with Gasteiger partial charge in [-0.25, -0.2) is 0 Å². The molecule has 0 amide bonds. The van der Waals surface area contributed by atoms with Gasteiger partial charge in [-0.3, -0.25) is 14.6 Å². The maximum absolute atomic E-state index is 11.0. The zero-order valence-electron chi connectivity index (χ0n) is 15.6. The molecule has 0 radical (unpaired) electrons. The average molecular weight is 402 g/mol. The highest BCUT2D eigenvalue weighted by Crippen LogP contribution is 2.38. The number of fused-ring (bicyclic) bond motifs is 1. The normalized spacial score (nSPS) is 11.5. The van der Waals surface area contributed by atoms with Gasteiger partial charge >= 0.3 is 0 Å². The van der Waals surface area contributed by atoms with Crippen LogP contribution < -0.4 is 22.6 Å². The number of benzene rings is 3. The summed E-state index contributed by atoms with van der Waals surface area (Å²) in [4.78, 5) is 10.4.